The van der Waals surface area contributed by atoms with E-state index in [0.29, 0.717) is 4.47 Å². The lowest BCUT2D eigenvalue weighted by atomic mass is 10.2. The summed E-state index contributed by atoms with van der Waals surface area (Å²) in [6.07, 6.45) is -4.81. The monoisotopic (exact) mass is 448 g/mol. The predicted octanol–water partition coefficient (Wildman–Crippen LogP) is 4.20. The lowest BCUT2D eigenvalue weighted by Crippen LogP contribution is -2.35. The van der Waals surface area contributed by atoms with Crippen molar-refractivity contribution in [2.24, 2.45) is 0 Å². The molecule has 10 heteroatoms. The minimum atomic E-state index is -4.81. The van der Waals surface area contributed by atoms with E-state index >= 15 is 0 Å². The number of rotatable bonds is 5. The van der Waals surface area contributed by atoms with Gasteiger partial charge in [0.15, 0.2) is 0 Å². The maximum Gasteiger partial charge on any atom is 0.573 e. The van der Waals surface area contributed by atoms with Gasteiger partial charge in [0.2, 0.25) is 5.91 Å². The molecule has 0 saturated carbocycles. The van der Waals surface area contributed by atoms with E-state index in [1.54, 1.807) is 0 Å². The summed E-state index contributed by atoms with van der Waals surface area (Å²) in [5.74, 6) is -2.18. The van der Waals surface area contributed by atoms with Gasteiger partial charge in [-0.3, -0.25) is 9.59 Å². The molecule has 0 spiro atoms. The second kappa shape index (κ2) is 8.38. The first kappa shape index (κ1) is 20.7. The number of carbonyl (C=O) groups excluding carboxylic acids is 2. The molecule has 5 nitrogen and oxygen atoms in total. The van der Waals surface area contributed by atoms with Crippen LogP contribution < -0.4 is 10.1 Å². The SMILES string of the molecule is CN(CC(=O)Nc1ccc(OC(F)(F)F)cc1)C(=O)c1cc(F)ccc1Br. The van der Waals surface area contributed by atoms with Crippen LogP contribution in [0.25, 0.3) is 0 Å². The minimum Gasteiger partial charge on any atom is -0.406 e. The summed E-state index contributed by atoms with van der Waals surface area (Å²) < 4.78 is 53.7. The van der Waals surface area contributed by atoms with Crippen molar-refractivity contribution in [2.45, 2.75) is 6.36 Å². The van der Waals surface area contributed by atoms with Crippen LogP contribution in [0, 0.1) is 5.82 Å². The largest absolute Gasteiger partial charge is 0.573 e. The van der Waals surface area contributed by atoms with Crippen LogP contribution in [-0.4, -0.2) is 36.7 Å². The average Bonchev–Trinajstić information content (AvgIpc) is 2.56. The van der Waals surface area contributed by atoms with E-state index < -0.39 is 29.7 Å². The molecule has 0 aliphatic rings. The summed E-state index contributed by atoms with van der Waals surface area (Å²) in [6, 6.07) is 8.14. The molecule has 2 aromatic carbocycles. The van der Waals surface area contributed by atoms with E-state index in [-0.39, 0.29) is 17.8 Å². The zero-order valence-corrected chi connectivity index (χ0v) is 15.4. The van der Waals surface area contributed by atoms with E-state index in [2.05, 4.69) is 26.0 Å². The Labute approximate surface area is 160 Å². The summed E-state index contributed by atoms with van der Waals surface area (Å²) in [5.41, 5.74) is 0.279. The third kappa shape index (κ3) is 6.24. The lowest BCUT2D eigenvalue weighted by Gasteiger charge is -2.18. The van der Waals surface area contributed by atoms with Crippen LogP contribution >= 0.6 is 15.9 Å². The number of hydrogen-bond acceptors (Lipinski definition) is 3. The predicted molar refractivity (Wildman–Crippen MR) is 92.8 cm³/mol. The maximum absolute atomic E-state index is 13.3. The van der Waals surface area contributed by atoms with Gasteiger partial charge in [0, 0.05) is 17.2 Å². The van der Waals surface area contributed by atoms with Crippen LogP contribution in [0.1, 0.15) is 10.4 Å². The van der Waals surface area contributed by atoms with Gasteiger partial charge < -0.3 is 15.0 Å². The molecule has 0 heterocycles. The molecule has 144 valence electrons. The van der Waals surface area contributed by atoms with E-state index in [4.69, 9.17) is 0 Å². The molecule has 0 unspecified atom stereocenters. The summed E-state index contributed by atoms with van der Waals surface area (Å²) in [5, 5.41) is 2.44. The van der Waals surface area contributed by atoms with Gasteiger partial charge >= 0.3 is 6.36 Å². The first-order chi connectivity index (χ1) is 12.5. The number of nitrogens with one attached hydrogen (secondary N) is 1. The van der Waals surface area contributed by atoms with Crippen molar-refractivity contribution in [1.82, 2.24) is 4.90 Å². The Kier molecular flexibility index (Phi) is 6.42. The van der Waals surface area contributed by atoms with E-state index in [1.165, 1.54) is 31.3 Å². The van der Waals surface area contributed by atoms with Crippen molar-refractivity contribution in [3.05, 3.63) is 58.3 Å². The quantitative estimate of drug-likeness (QED) is 0.697. The van der Waals surface area contributed by atoms with Crippen LogP contribution in [0.5, 0.6) is 5.75 Å². The Bertz CT molecular complexity index is 841. The fourth-order valence-corrected chi connectivity index (χ4v) is 2.51. The van der Waals surface area contributed by atoms with Crippen LogP contribution in [0.3, 0.4) is 0 Å². The molecular formula is C17H13BrF4N2O3. The number of anilines is 1. The van der Waals surface area contributed by atoms with Gasteiger partial charge in [0.05, 0.1) is 12.1 Å². The van der Waals surface area contributed by atoms with Gasteiger partial charge in [-0.25, -0.2) is 4.39 Å². The molecule has 2 aromatic rings. The number of hydrogen-bond donors (Lipinski definition) is 1. The highest BCUT2D eigenvalue weighted by atomic mass is 79.9. The van der Waals surface area contributed by atoms with Crippen molar-refractivity contribution >= 4 is 33.4 Å². The maximum atomic E-state index is 13.3. The van der Waals surface area contributed by atoms with Gasteiger partial charge in [-0.05, 0) is 58.4 Å². The normalized spacial score (nSPS) is 11.0. The summed E-state index contributed by atoms with van der Waals surface area (Å²) in [6.45, 7) is -0.345. The summed E-state index contributed by atoms with van der Waals surface area (Å²) >= 11 is 3.14. The van der Waals surface area contributed by atoms with Crippen molar-refractivity contribution in [1.29, 1.82) is 0 Å². The molecule has 27 heavy (non-hydrogen) atoms. The molecule has 0 saturated heterocycles. The van der Waals surface area contributed by atoms with Crippen LogP contribution in [-0.2, 0) is 4.79 Å². The number of benzene rings is 2. The molecule has 2 rings (SSSR count). The molecule has 0 atom stereocenters. The number of ether oxygens (including phenoxy) is 1. The molecule has 0 bridgehead atoms. The van der Waals surface area contributed by atoms with Crippen LogP contribution in [0.4, 0.5) is 23.2 Å². The first-order valence-electron chi connectivity index (χ1n) is 7.41. The Morgan fingerprint density at radius 1 is 1.15 bits per heavy atom. The first-order valence-corrected chi connectivity index (χ1v) is 8.20. The highest BCUT2D eigenvalue weighted by Gasteiger charge is 2.31. The van der Waals surface area contributed by atoms with Gasteiger partial charge in [0.1, 0.15) is 11.6 Å². The van der Waals surface area contributed by atoms with Crippen molar-refractivity contribution in [3.8, 4) is 5.75 Å². The fourth-order valence-electron chi connectivity index (χ4n) is 2.09. The Balaban J connectivity index is 1.96. The summed E-state index contributed by atoms with van der Waals surface area (Å²) in [4.78, 5) is 25.4. The van der Waals surface area contributed by atoms with Crippen molar-refractivity contribution in [2.75, 3.05) is 18.9 Å². The molecule has 0 aliphatic heterocycles. The molecule has 2 amide bonds. The van der Waals surface area contributed by atoms with Crippen molar-refractivity contribution < 1.29 is 31.9 Å². The van der Waals surface area contributed by atoms with Crippen molar-refractivity contribution in [3.63, 3.8) is 0 Å². The lowest BCUT2D eigenvalue weighted by molar-refractivity contribution is -0.274. The zero-order chi connectivity index (χ0) is 20.2. The summed E-state index contributed by atoms with van der Waals surface area (Å²) in [7, 11) is 1.36. The second-order valence-electron chi connectivity index (χ2n) is 5.41. The van der Waals surface area contributed by atoms with E-state index in [9.17, 15) is 27.2 Å². The average molecular weight is 449 g/mol. The van der Waals surface area contributed by atoms with Gasteiger partial charge in [-0.2, -0.15) is 0 Å². The van der Waals surface area contributed by atoms with Gasteiger partial charge in [-0.1, -0.05) is 0 Å². The number of nitrogens with zero attached hydrogens (tertiary/aromatic N) is 1. The smallest absolute Gasteiger partial charge is 0.406 e. The second-order valence-corrected chi connectivity index (χ2v) is 6.26. The standard InChI is InChI=1S/C17H13BrF4N2O3/c1-24(16(26)13-8-10(19)2-7-14(13)18)9-15(25)23-11-3-5-12(6-4-11)27-17(20,21)22/h2-8H,9H2,1H3,(H,23,25). The third-order valence-electron chi connectivity index (χ3n) is 3.26. The fraction of sp³-hybridized carbons (Fsp3) is 0.176. The Morgan fingerprint density at radius 2 is 1.78 bits per heavy atom. The number of halogens is 5. The highest BCUT2D eigenvalue weighted by molar-refractivity contribution is 9.10. The topological polar surface area (TPSA) is 58.6 Å². The van der Waals surface area contributed by atoms with Gasteiger partial charge in [0.25, 0.3) is 5.91 Å². The molecule has 1 N–H and O–H groups in total. The molecule has 0 fully saturated rings. The zero-order valence-electron chi connectivity index (χ0n) is 13.8. The number of likely N-dealkylation sites (N-methyl/N-ethyl adjacent to an activating group) is 1. The molecule has 0 radical (unpaired) electrons. The van der Waals surface area contributed by atoms with Gasteiger partial charge in [-0.15, -0.1) is 13.2 Å². The van der Waals surface area contributed by atoms with Crippen LogP contribution in [0.15, 0.2) is 46.9 Å². The minimum absolute atomic E-state index is 0.0546. The molecular weight excluding hydrogens is 436 g/mol. The number of amides is 2. The molecule has 0 aliphatic carbocycles. The van der Waals surface area contributed by atoms with E-state index in [0.717, 1.165) is 23.1 Å². The molecule has 0 aromatic heterocycles. The van der Waals surface area contributed by atoms with Crippen LogP contribution in [0.2, 0.25) is 0 Å². The highest BCUT2D eigenvalue weighted by Crippen LogP contribution is 2.24. The Morgan fingerprint density at radius 3 is 2.37 bits per heavy atom. The Hall–Kier alpha value is -2.62. The number of carbonyl (C=O) groups is 2. The number of alkyl halides is 3. The van der Waals surface area contributed by atoms with E-state index in [1.807, 2.05) is 0 Å². The third-order valence-corrected chi connectivity index (χ3v) is 3.95.